The van der Waals surface area contributed by atoms with E-state index in [4.69, 9.17) is 10.00 Å². The number of nitriles is 1. The third kappa shape index (κ3) is 2.61. The van der Waals surface area contributed by atoms with Crippen molar-refractivity contribution in [2.45, 2.75) is 44.1 Å². The summed E-state index contributed by atoms with van der Waals surface area (Å²) >= 11 is 0. The van der Waals surface area contributed by atoms with Crippen LogP contribution >= 0.6 is 0 Å². The van der Waals surface area contributed by atoms with Gasteiger partial charge in [-0.05, 0) is 32.1 Å². The first kappa shape index (κ1) is 12.4. The van der Waals surface area contributed by atoms with Gasteiger partial charge in [-0.2, -0.15) is 5.26 Å². The molecule has 1 aliphatic carbocycles. The van der Waals surface area contributed by atoms with E-state index < -0.39 is 0 Å². The number of methoxy groups -OCH3 is 1. The Kier molecular flexibility index (Phi) is 3.68. The molecule has 1 amide bonds. The summed E-state index contributed by atoms with van der Waals surface area (Å²) in [5.41, 5.74) is -0.177. The minimum absolute atomic E-state index is 0.138. The molecule has 94 valence electrons. The second-order valence-electron chi connectivity index (χ2n) is 5.20. The van der Waals surface area contributed by atoms with Gasteiger partial charge in [0.2, 0.25) is 5.91 Å². The zero-order chi connectivity index (χ0) is 12.3. The zero-order valence-electron chi connectivity index (χ0n) is 10.4. The van der Waals surface area contributed by atoms with E-state index in [1.54, 1.807) is 7.11 Å². The Morgan fingerprint density at radius 2 is 2.12 bits per heavy atom. The molecule has 0 radical (unpaired) electrons. The van der Waals surface area contributed by atoms with Crippen molar-refractivity contribution < 1.29 is 9.53 Å². The van der Waals surface area contributed by atoms with Gasteiger partial charge >= 0.3 is 0 Å². The van der Waals surface area contributed by atoms with E-state index in [0.717, 1.165) is 45.2 Å². The standard InChI is InChI=1S/C13H20N2O2/c1-17-13(5-2-6-13)9-12(16)15-7-3-11(10-14)4-8-15/h11H,2-9H2,1H3. The maximum absolute atomic E-state index is 12.1. The monoisotopic (exact) mass is 236 g/mol. The van der Waals surface area contributed by atoms with Crippen LogP contribution in [0.2, 0.25) is 0 Å². The molecule has 0 spiro atoms. The number of amides is 1. The highest BCUT2D eigenvalue weighted by molar-refractivity contribution is 5.77. The Hall–Kier alpha value is -1.08. The molecule has 0 aromatic rings. The van der Waals surface area contributed by atoms with Crippen LogP contribution in [0.25, 0.3) is 0 Å². The fraction of sp³-hybridized carbons (Fsp3) is 0.846. The van der Waals surface area contributed by atoms with E-state index in [9.17, 15) is 4.79 Å². The summed E-state index contributed by atoms with van der Waals surface area (Å²) in [5.74, 6) is 0.335. The van der Waals surface area contributed by atoms with Gasteiger partial charge in [-0.3, -0.25) is 4.79 Å². The highest BCUT2D eigenvalue weighted by atomic mass is 16.5. The summed E-state index contributed by atoms with van der Waals surface area (Å²) < 4.78 is 5.48. The molecule has 0 atom stereocenters. The van der Waals surface area contributed by atoms with Crippen LogP contribution in [0.3, 0.4) is 0 Å². The zero-order valence-corrected chi connectivity index (χ0v) is 10.4. The van der Waals surface area contributed by atoms with E-state index >= 15 is 0 Å². The largest absolute Gasteiger partial charge is 0.378 e. The SMILES string of the molecule is COC1(CC(=O)N2CCC(C#N)CC2)CCC1. The maximum atomic E-state index is 12.1. The van der Waals surface area contributed by atoms with Gasteiger partial charge in [0, 0.05) is 26.1 Å². The number of ether oxygens (including phenoxy) is 1. The lowest BCUT2D eigenvalue weighted by atomic mass is 9.77. The number of rotatable bonds is 3. The number of nitrogens with zero attached hydrogens (tertiary/aromatic N) is 2. The van der Waals surface area contributed by atoms with Crippen molar-refractivity contribution in [1.29, 1.82) is 5.26 Å². The molecule has 1 heterocycles. The number of likely N-dealkylation sites (tertiary alicyclic amines) is 1. The summed E-state index contributed by atoms with van der Waals surface area (Å²) in [7, 11) is 1.70. The molecular formula is C13H20N2O2. The van der Waals surface area contributed by atoms with E-state index in [1.807, 2.05) is 4.90 Å². The van der Waals surface area contributed by atoms with Crippen LogP contribution in [0.4, 0.5) is 0 Å². The lowest BCUT2D eigenvalue weighted by molar-refractivity contribution is -0.145. The minimum atomic E-state index is -0.177. The molecule has 0 unspecified atom stereocenters. The molecule has 2 aliphatic rings. The normalized spacial score (nSPS) is 23.9. The third-order valence-electron chi connectivity index (χ3n) is 4.20. The molecule has 0 bridgehead atoms. The van der Waals surface area contributed by atoms with Gasteiger partial charge in [-0.15, -0.1) is 0 Å². The molecule has 2 fully saturated rings. The van der Waals surface area contributed by atoms with Crippen LogP contribution < -0.4 is 0 Å². The average molecular weight is 236 g/mol. The van der Waals surface area contributed by atoms with Crippen molar-refractivity contribution in [2.75, 3.05) is 20.2 Å². The molecule has 2 rings (SSSR count). The first-order chi connectivity index (χ1) is 8.19. The molecular weight excluding hydrogens is 216 g/mol. The molecule has 4 nitrogen and oxygen atoms in total. The van der Waals surface area contributed by atoms with Crippen LogP contribution in [0.5, 0.6) is 0 Å². The van der Waals surface area contributed by atoms with Crippen molar-refractivity contribution in [3.63, 3.8) is 0 Å². The van der Waals surface area contributed by atoms with Gasteiger partial charge in [0.05, 0.1) is 18.1 Å². The Morgan fingerprint density at radius 1 is 1.47 bits per heavy atom. The van der Waals surface area contributed by atoms with Crippen LogP contribution in [0.1, 0.15) is 38.5 Å². The quantitative estimate of drug-likeness (QED) is 0.749. The third-order valence-corrected chi connectivity index (χ3v) is 4.20. The molecule has 0 aromatic heterocycles. The smallest absolute Gasteiger partial charge is 0.225 e. The van der Waals surface area contributed by atoms with E-state index in [0.29, 0.717) is 6.42 Å². The summed E-state index contributed by atoms with van der Waals surface area (Å²) in [6, 6.07) is 2.28. The van der Waals surface area contributed by atoms with E-state index in [2.05, 4.69) is 6.07 Å². The Labute approximate surface area is 103 Å². The van der Waals surface area contributed by atoms with Gasteiger partial charge < -0.3 is 9.64 Å². The van der Waals surface area contributed by atoms with Crippen molar-refractivity contribution in [3.05, 3.63) is 0 Å². The topological polar surface area (TPSA) is 53.3 Å². The lowest BCUT2D eigenvalue weighted by Gasteiger charge is -2.41. The summed E-state index contributed by atoms with van der Waals surface area (Å²) in [4.78, 5) is 14.0. The fourth-order valence-electron chi connectivity index (χ4n) is 2.67. The van der Waals surface area contributed by atoms with Crippen molar-refractivity contribution in [1.82, 2.24) is 4.90 Å². The molecule has 0 N–H and O–H groups in total. The molecule has 1 saturated carbocycles. The lowest BCUT2D eigenvalue weighted by Crippen LogP contribution is -2.46. The van der Waals surface area contributed by atoms with Crippen LogP contribution in [0.15, 0.2) is 0 Å². The summed E-state index contributed by atoms with van der Waals surface area (Å²) in [6.45, 7) is 1.47. The molecule has 1 saturated heterocycles. The Balaban J connectivity index is 1.83. The highest BCUT2D eigenvalue weighted by Crippen LogP contribution is 2.38. The maximum Gasteiger partial charge on any atom is 0.225 e. The number of hydrogen-bond acceptors (Lipinski definition) is 3. The van der Waals surface area contributed by atoms with Gasteiger partial charge in [0.25, 0.3) is 0 Å². The molecule has 4 heteroatoms. The van der Waals surface area contributed by atoms with Crippen molar-refractivity contribution >= 4 is 5.91 Å². The fourth-order valence-corrected chi connectivity index (χ4v) is 2.67. The molecule has 1 aliphatic heterocycles. The molecule has 17 heavy (non-hydrogen) atoms. The first-order valence-electron chi connectivity index (χ1n) is 6.42. The predicted molar refractivity (Wildman–Crippen MR) is 63.1 cm³/mol. The second-order valence-corrected chi connectivity index (χ2v) is 5.20. The van der Waals surface area contributed by atoms with Crippen LogP contribution in [-0.2, 0) is 9.53 Å². The Morgan fingerprint density at radius 3 is 2.53 bits per heavy atom. The summed E-state index contributed by atoms with van der Waals surface area (Å²) in [5, 5.41) is 8.81. The van der Waals surface area contributed by atoms with Gasteiger partial charge in [0.15, 0.2) is 0 Å². The van der Waals surface area contributed by atoms with E-state index in [-0.39, 0.29) is 17.4 Å². The predicted octanol–water partition coefficient (Wildman–Crippen LogP) is 1.71. The van der Waals surface area contributed by atoms with Gasteiger partial charge in [0.1, 0.15) is 0 Å². The van der Waals surface area contributed by atoms with Gasteiger partial charge in [-0.25, -0.2) is 0 Å². The van der Waals surface area contributed by atoms with Crippen molar-refractivity contribution in [2.24, 2.45) is 5.92 Å². The van der Waals surface area contributed by atoms with Crippen LogP contribution in [-0.4, -0.2) is 36.6 Å². The van der Waals surface area contributed by atoms with Crippen molar-refractivity contribution in [3.8, 4) is 6.07 Å². The van der Waals surface area contributed by atoms with E-state index in [1.165, 1.54) is 0 Å². The number of carbonyl (C=O) groups is 1. The Bertz CT molecular complexity index is 317. The molecule has 0 aromatic carbocycles. The minimum Gasteiger partial charge on any atom is -0.378 e. The second kappa shape index (κ2) is 5.05. The number of carbonyl (C=O) groups excluding carboxylic acids is 1. The average Bonchev–Trinajstić information content (AvgIpc) is 2.33. The van der Waals surface area contributed by atoms with Gasteiger partial charge in [-0.1, -0.05) is 0 Å². The summed E-state index contributed by atoms with van der Waals surface area (Å²) in [6.07, 6.45) is 5.33. The first-order valence-corrected chi connectivity index (χ1v) is 6.42. The van der Waals surface area contributed by atoms with Crippen LogP contribution in [0, 0.1) is 17.2 Å². The number of piperidine rings is 1. The highest BCUT2D eigenvalue weighted by Gasteiger charge is 2.40. The number of hydrogen-bond donors (Lipinski definition) is 0.